The van der Waals surface area contributed by atoms with Crippen LogP contribution in [0.1, 0.15) is 31.2 Å². The predicted molar refractivity (Wildman–Crippen MR) is 94.9 cm³/mol. The normalized spacial score (nSPS) is 26.0. The lowest BCUT2D eigenvalue weighted by molar-refractivity contribution is -0.105. The largest absolute Gasteiger partial charge is 0.381 e. The van der Waals surface area contributed by atoms with Crippen molar-refractivity contribution in [2.24, 2.45) is 11.8 Å². The van der Waals surface area contributed by atoms with Crippen molar-refractivity contribution in [1.82, 2.24) is 4.31 Å². The second-order valence-corrected chi connectivity index (χ2v) is 9.65. The van der Waals surface area contributed by atoms with E-state index in [9.17, 15) is 8.42 Å². The predicted octanol–water partition coefficient (Wildman–Crippen LogP) is 2.59. The van der Waals surface area contributed by atoms with E-state index >= 15 is 0 Å². The molecule has 1 atom stereocenters. The van der Waals surface area contributed by atoms with Crippen molar-refractivity contribution in [2.75, 3.05) is 32.9 Å². The number of sulfonamides is 1. The monoisotopic (exact) mass is 365 g/mol. The highest BCUT2D eigenvalue weighted by molar-refractivity contribution is 7.89. The average Bonchev–Trinajstić information content (AvgIpc) is 3.27. The first-order valence-electron chi connectivity index (χ1n) is 9.29. The molecule has 0 N–H and O–H groups in total. The first-order chi connectivity index (χ1) is 12.0. The number of hydrogen-bond acceptors (Lipinski definition) is 4. The minimum atomic E-state index is -3.43. The van der Waals surface area contributed by atoms with Gasteiger partial charge in [0.2, 0.25) is 10.0 Å². The van der Waals surface area contributed by atoms with Crippen molar-refractivity contribution in [3.05, 3.63) is 29.8 Å². The molecule has 5 nitrogen and oxygen atoms in total. The fourth-order valence-electron chi connectivity index (χ4n) is 4.01. The second kappa shape index (κ2) is 6.65. The molecule has 25 heavy (non-hydrogen) atoms. The highest BCUT2D eigenvalue weighted by atomic mass is 32.2. The van der Waals surface area contributed by atoms with E-state index in [1.807, 2.05) is 19.1 Å². The topological polar surface area (TPSA) is 55.8 Å². The first-order valence-corrected chi connectivity index (χ1v) is 10.7. The highest BCUT2D eigenvalue weighted by Crippen LogP contribution is 2.44. The Kier molecular flexibility index (Phi) is 4.65. The third-order valence-electron chi connectivity index (χ3n) is 5.86. The van der Waals surface area contributed by atoms with Crippen molar-refractivity contribution in [1.29, 1.82) is 0 Å². The van der Waals surface area contributed by atoms with E-state index in [-0.39, 0.29) is 5.60 Å². The van der Waals surface area contributed by atoms with Gasteiger partial charge in [-0.1, -0.05) is 18.2 Å². The van der Waals surface area contributed by atoms with Crippen LogP contribution in [-0.4, -0.2) is 51.2 Å². The number of benzene rings is 1. The molecule has 2 saturated heterocycles. The van der Waals surface area contributed by atoms with Crippen molar-refractivity contribution in [3.8, 4) is 0 Å². The number of nitrogens with zero attached hydrogens (tertiary/aromatic N) is 1. The summed E-state index contributed by atoms with van der Waals surface area (Å²) in [4.78, 5) is 0.409. The van der Waals surface area contributed by atoms with Gasteiger partial charge in [-0.05, 0) is 56.1 Å². The van der Waals surface area contributed by atoms with Crippen molar-refractivity contribution < 1.29 is 17.9 Å². The van der Waals surface area contributed by atoms with Crippen LogP contribution >= 0.6 is 0 Å². The number of hydrogen-bond donors (Lipinski definition) is 0. The molecule has 1 spiro atoms. The average molecular weight is 365 g/mol. The summed E-state index contributed by atoms with van der Waals surface area (Å²) < 4.78 is 39.1. The Morgan fingerprint density at radius 3 is 2.72 bits per heavy atom. The molecule has 1 saturated carbocycles. The molecule has 2 aliphatic heterocycles. The van der Waals surface area contributed by atoms with Gasteiger partial charge in [-0.25, -0.2) is 8.42 Å². The molecule has 3 aliphatic rings. The Labute approximate surface area is 150 Å². The zero-order chi connectivity index (χ0) is 17.5. The summed E-state index contributed by atoms with van der Waals surface area (Å²) in [6.45, 7) is 5.15. The minimum Gasteiger partial charge on any atom is -0.381 e. The Morgan fingerprint density at radius 1 is 1.24 bits per heavy atom. The zero-order valence-corrected chi connectivity index (χ0v) is 15.6. The van der Waals surface area contributed by atoms with Crippen LogP contribution in [0, 0.1) is 18.8 Å². The van der Waals surface area contributed by atoms with Gasteiger partial charge in [0.05, 0.1) is 10.5 Å². The van der Waals surface area contributed by atoms with Gasteiger partial charge in [0.25, 0.3) is 0 Å². The quantitative estimate of drug-likeness (QED) is 0.697. The van der Waals surface area contributed by atoms with Crippen LogP contribution in [-0.2, 0) is 19.5 Å². The lowest BCUT2D eigenvalue weighted by Gasteiger charge is -2.49. The Hall–Kier alpha value is -0.950. The summed E-state index contributed by atoms with van der Waals surface area (Å²) in [7, 11) is -3.43. The Morgan fingerprint density at radius 2 is 2.00 bits per heavy atom. The molecule has 138 valence electrons. The number of aryl methyl sites for hydroxylation is 1. The van der Waals surface area contributed by atoms with Crippen LogP contribution in [0.5, 0.6) is 0 Å². The summed E-state index contributed by atoms with van der Waals surface area (Å²) in [6, 6.07) is 7.17. The summed E-state index contributed by atoms with van der Waals surface area (Å²) in [5.41, 5.74) is 0.499. The summed E-state index contributed by atoms with van der Waals surface area (Å²) in [6.07, 6.45) is 4.58. The fraction of sp³-hybridized carbons (Fsp3) is 0.684. The van der Waals surface area contributed by atoms with Crippen LogP contribution in [0.25, 0.3) is 0 Å². The zero-order valence-electron chi connectivity index (χ0n) is 14.8. The molecule has 0 bridgehead atoms. The molecule has 1 aromatic carbocycles. The van der Waals surface area contributed by atoms with Gasteiger partial charge in [-0.3, -0.25) is 0 Å². The molecule has 6 heteroatoms. The number of rotatable bonds is 7. The van der Waals surface area contributed by atoms with E-state index < -0.39 is 10.0 Å². The SMILES string of the molecule is Cc1ccccc1S(=O)(=O)N1CC2(C1)OCCC2CCOCC1CC1. The molecular weight excluding hydrogens is 338 g/mol. The van der Waals surface area contributed by atoms with Crippen LogP contribution in [0.15, 0.2) is 29.2 Å². The molecule has 0 radical (unpaired) electrons. The van der Waals surface area contributed by atoms with E-state index in [1.165, 1.54) is 12.8 Å². The molecule has 1 unspecified atom stereocenters. The maximum atomic E-state index is 12.9. The Bertz CT molecular complexity index is 723. The number of ether oxygens (including phenoxy) is 2. The fourth-order valence-corrected chi connectivity index (χ4v) is 5.79. The molecule has 4 rings (SSSR count). The highest BCUT2D eigenvalue weighted by Gasteiger charge is 2.56. The molecule has 2 heterocycles. The summed E-state index contributed by atoms with van der Waals surface area (Å²) in [5, 5.41) is 0. The van der Waals surface area contributed by atoms with Gasteiger partial charge in [0.15, 0.2) is 0 Å². The second-order valence-electron chi connectivity index (χ2n) is 7.74. The molecule has 1 aromatic rings. The van der Waals surface area contributed by atoms with Gasteiger partial charge >= 0.3 is 0 Å². The van der Waals surface area contributed by atoms with Crippen molar-refractivity contribution in [2.45, 2.75) is 43.1 Å². The lowest BCUT2D eigenvalue weighted by Crippen LogP contribution is -2.66. The van der Waals surface area contributed by atoms with Crippen molar-refractivity contribution >= 4 is 10.0 Å². The van der Waals surface area contributed by atoms with Gasteiger partial charge in [-0.2, -0.15) is 4.31 Å². The van der Waals surface area contributed by atoms with Crippen molar-refractivity contribution in [3.63, 3.8) is 0 Å². The van der Waals surface area contributed by atoms with E-state index in [1.54, 1.807) is 16.4 Å². The van der Waals surface area contributed by atoms with E-state index in [4.69, 9.17) is 9.47 Å². The van der Waals surface area contributed by atoms with E-state index in [0.717, 1.165) is 44.1 Å². The van der Waals surface area contributed by atoms with Gasteiger partial charge in [0, 0.05) is 32.9 Å². The van der Waals surface area contributed by atoms with Gasteiger partial charge in [-0.15, -0.1) is 0 Å². The summed E-state index contributed by atoms with van der Waals surface area (Å²) >= 11 is 0. The maximum absolute atomic E-state index is 12.9. The van der Waals surface area contributed by atoms with Crippen LogP contribution in [0.2, 0.25) is 0 Å². The van der Waals surface area contributed by atoms with Crippen LogP contribution < -0.4 is 0 Å². The Balaban J connectivity index is 1.36. The maximum Gasteiger partial charge on any atom is 0.243 e. The molecular formula is C19H27NO4S. The molecule has 0 aromatic heterocycles. The van der Waals surface area contributed by atoms with Crippen LogP contribution in [0.4, 0.5) is 0 Å². The van der Waals surface area contributed by atoms with E-state index in [0.29, 0.717) is 23.9 Å². The third kappa shape index (κ3) is 3.37. The van der Waals surface area contributed by atoms with Gasteiger partial charge < -0.3 is 9.47 Å². The molecule has 3 fully saturated rings. The third-order valence-corrected chi connectivity index (χ3v) is 7.81. The molecule has 0 amide bonds. The molecule has 1 aliphatic carbocycles. The smallest absolute Gasteiger partial charge is 0.243 e. The first kappa shape index (κ1) is 17.5. The van der Waals surface area contributed by atoms with Crippen LogP contribution in [0.3, 0.4) is 0 Å². The van der Waals surface area contributed by atoms with Gasteiger partial charge in [0.1, 0.15) is 0 Å². The lowest BCUT2D eigenvalue weighted by atomic mass is 9.80. The van der Waals surface area contributed by atoms with E-state index in [2.05, 4.69) is 0 Å². The summed E-state index contributed by atoms with van der Waals surface area (Å²) in [5.74, 6) is 1.18. The minimum absolute atomic E-state index is 0.293. The standard InChI is InChI=1S/C19H27NO4S/c1-15-4-2-3-5-18(15)25(21,22)20-13-19(14-20)17(9-11-24-19)8-10-23-12-16-6-7-16/h2-5,16-17H,6-14H2,1H3.